The summed E-state index contributed by atoms with van der Waals surface area (Å²) in [5.74, 6) is 0. The maximum atomic E-state index is 4.94. The third-order valence-corrected chi connectivity index (χ3v) is 0. The van der Waals surface area contributed by atoms with E-state index in [1.54, 1.807) is 0 Å². The number of halogens is 3. The molecular formula is H2AlCl3OZr. The third kappa shape index (κ3) is 34.1. The Morgan fingerprint density at radius 1 is 1.00 bits per heavy atom. The van der Waals surface area contributed by atoms with Gasteiger partial charge in [-0.05, 0) is 0 Å². The fraction of sp³-hybridized carbons (Fsp3) is 0. The monoisotopic (exact) mass is 240 g/mol. The second kappa shape index (κ2) is 10.3. The molecule has 0 saturated heterocycles. The van der Waals surface area contributed by atoms with Crippen LogP contribution in [0.4, 0.5) is 0 Å². The van der Waals surface area contributed by atoms with Gasteiger partial charge in [-0.25, -0.2) is 30.1 Å². The molecule has 0 saturated carbocycles. The topological polar surface area (TPSA) is 31.5 Å². The van der Waals surface area contributed by atoms with Gasteiger partial charge in [0.15, 0.2) is 0 Å². The molecule has 0 bridgehead atoms. The van der Waals surface area contributed by atoms with E-state index >= 15 is 0 Å². The van der Waals surface area contributed by atoms with Gasteiger partial charge in [-0.2, -0.15) is 0 Å². The van der Waals surface area contributed by atoms with Crippen LogP contribution in [0.5, 0.6) is 0 Å². The van der Waals surface area contributed by atoms with Crippen LogP contribution in [0.25, 0.3) is 0 Å². The van der Waals surface area contributed by atoms with Crippen LogP contribution >= 0.6 is 30.1 Å². The van der Waals surface area contributed by atoms with Crippen molar-refractivity contribution >= 4 is 41.5 Å². The van der Waals surface area contributed by atoms with E-state index in [9.17, 15) is 0 Å². The van der Waals surface area contributed by atoms with Crippen molar-refractivity contribution in [2.24, 2.45) is 0 Å². The van der Waals surface area contributed by atoms with Crippen molar-refractivity contribution in [3.05, 3.63) is 0 Å². The molecule has 0 radical (unpaired) electrons. The smallest absolute Gasteiger partial charge is 0.412 e. The zero-order chi connectivity index (χ0) is 3.58. The summed E-state index contributed by atoms with van der Waals surface area (Å²) in [6.45, 7) is 0. The predicted molar refractivity (Wildman–Crippen MR) is 26.9 cm³/mol. The summed E-state index contributed by atoms with van der Waals surface area (Å²) in [6.07, 6.45) is 0. The Kier molecular flexibility index (Phi) is 26.9. The van der Waals surface area contributed by atoms with E-state index in [-0.39, 0.29) is 31.7 Å². The first kappa shape index (κ1) is 15.7. The van der Waals surface area contributed by atoms with Gasteiger partial charge in [0.25, 0.3) is 0 Å². The summed E-state index contributed by atoms with van der Waals surface area (Å²) < 4.78 is 0. The molecule has 0 heterocycles. The van der Waals surface area contributed by atoms with Crippen LogP contribution in [0.2, 0.25) is 0 Å². The molecule has 6 heavy (non-hydrogen) atoms. The van der Waals surface area contributed by atoms with Gasteiger partial charge in [-0.1, -0.05) is 0 Å². The Hall–Kier alpha value is 2.25. The Morgan fingerprint density at radius 3 is 1.00 bits per heavy atom. The van der Waals surface area contributed by atoms with Crippen LogP contribution in [0.3, 0.4) is 0 Å². The summed E-state index contributed by atoms with van der Waals surface area (Å²) in [7, 11) is 14.8. The largest absolute Gasteiger partial charge is 0.643 e. The molecule has 0 aromatic carbocycles. The maximum Gasteiger partial charge on any atom is 0.643 e. The molecule has 0 fully saturated rings. The Morgan fingerprint density at radius 2 is 1.00 bits per heavy atom. The van der Waals surface area contributed by atoms with Crippen LogP contribution in [0.1, 0.15) is 0 Å². The van der Waals surface area contributed by atoms with Gasteiger partial charge in [0.05, 0.1) is 0 Å². The number of hydrogen-bond donors (Lipinski definition) is 0. The summed E-state index contributed by atoms with van der Waals surface area (Å²) in [5, 5.41) is 0. The van der Waals surface area contributed by atoms with Crippen molar-refractivity contribution in [2.45, 2.75) is 0 Å². The van der Waals surface area contributed by atoms with Crippen LogP contribution in [-0.4, -0.2) is 16.9 Å². The van der Waals surface area contributed by atoms with Crippen molar-refractivity contribution in [3.63, 3.8) is 0 Å². The molecule has 0 spiro atoms. The molecule has 0 rings (SSSR count). The fourth-order valence-electron chi connectivity index (χ4n) is 0. The number of rotatable bonds is 0. The van der Waals surface area contributed by atoms with E-state index in [0.29, 0.717) is 0 Å². The molecule has 2 N–H and O–H groups in total. The van der Waals surface area contributed by atoms with Gasteiger partial charge in [-0.3, -0.25) is 0 Å². The van der Waals surface area contributed by atoms with Crippen molar-refractivity contribution in [2.75, 3.05) is 0 Å². The van der Waals surface area contributed by atoms with Crippen molar-refractivity contribution < 1.29 is 31.7 Å². The zero-order valence-corrected chi connectivity index (χ0v) is 8.59. The van der Waals surface area contributed by atoms with Crippen LogP contribution in [0, 0.1) is 0 Å². The van der Waals surface area contributed by atoms with E-state index in [4.69, 9.17) is 30.1 Å². The molecule has 0 atom stereocenters. The Balaban J connectivity index is -0.0000000450. The van der Waals surface area contributed by atoms with Gasteiger partial charge in [0.1, 0.15) is 0 Å². The molecule has 0 aliphatic heterocycles. The first-order chi connectivity index (χ1) is 1.73. The minimum absolute atomic E-state index is 0. The maximum absolute atomic E-state index is 4.94. The van der Waals surface area contributed by atoms with Crippen molar-refractivity contribution in [1.29, 1.82) is 0 Å². The molecular weight excluding hydrogens is 241 g/mol. The molecule has 0 aromatic rings. The normalized spacial score (nSPS) is 4.50. The van der Waals surface area contributed by atoms with Gasteiger partial charge >= 0.3 is 11.4 Å². The summed E-state index contributed by atoms with van der Waals surface area (Å²) >= 11 is -1.72. The van der Waals surface area contributed by atoms with E-state index in [0.717, 1.165) is 0 Å². The SMILES string of the molecule is O.[Cl][Al]([Cl])[Cl].[Zr]. The summed E-state index contributed by atoms with van der Waals surface area (Å²) in [4.78, 5) is 0. The molecule has 0 aliphatic carbocycles. The van der Waals surface area contributed by atoms with Crippen LogP contribution in [0.15, 0.2) is 0 Å². The van der Waals surface area contributed by atoms with Gasteiger partial charge in [0.2, 0.25) is 0 Å². The molecule has 1 nitrogen and oxygen atoms in total. The second-order valence-electron chi connectivity index (χ2n) is 0.247. The van der Waals surface area contributed by atoms with E-state index in [1.807, 2.05) is 0 Å². The quantitative estimate of drug-likeness (QED) is 0.565. The molecule has 0 aromatic heterocycles. The minimum Gasteiger partial charge on any atom is -0.412 e. The number of hydrogen-bond acceptors (Lipinski definition) is 0. The Bertz CT molecular complexity index is 15.5. The van der Waals surface area contributed by atoms with Crippen molar-refractivity contribution in [3.8, 4) is 0 Å². The zero-order valence-electron chi connectivity index (χ0n) is 2.71. The molecule has 0 unspecified atom stereocenters. The Labute approximate surface area is 72.4 Å². The molecule has 0 aliphatic rings. The van der Waals surface area contributed by atoms with E-state index in [2.05, 4.69) is 0 Å². The summed E-state index contributed by atoms with van der Waals surface area (Å²) in [6, 6.07) is 0. The first-order valence-electron chi connectivity index (χ1n) is 0.655. The second-order valence-corrected chi connectivity index (χ2v) is 6.68. The molecule has 0 amide bonds. The molecule has 6 heteroatoms. The van der Waals surface area contributed by atoms with Crippen LogP contribution in [-0.2, 0) is 26.2 Å². The summed E-state index contributed by atoms with van der Waals surface area (Å²) in [5.41, 5.74) is 0. The van der Waals surface area contributed by atoms with Gasteiger partial charge < -0.3 is 5.48 Å². The molecule has 36 valence electrons. The average Bonchev–Trinajstić information content (AvgIpc) is 0.811. The van der Waals surface area contributed by atoms with Crippen LogP contribution < -0.4 is 0 Å². The van der Waals surface area contributed by atoms with Gasteiger partial charge in [-0.15, -0.1) is 0 Å². The minimum atomic E-state index is -1.72. The van der Waals surface area contributed by atoms with E-state index in [1.165, 1.54) is 0 Å². The standard InChI is InChI=1S/Al.3ClH.H2O.Zr/h;3*1H;1H2;/q+3;;;;;/p-3. The van der Waals surface area contributed by atoms with E-state index < -0.39 is 11.4 Å². The average molecular weight is 243 g/mol. The third-order valence-electron chi connectivity index (χ3n) is 0. The fourth-order valence-corrected chi connectivity index (χ4v) is 0. The predicted octanol–water partition coefficient (Wildman–Crippen LogP) is 0.861. The first-order valence-corrected chi connectivity index (χ1v) is 5.89. The van der Waals surface area contributed by atoms with Crippen molar-refractivity contribution in [1.82, 2.24) is 0 Å². The van der Waals surface area contributed by atoms with Gasteiger partial charge in [0, 0.05) is 26.2 Å².